The van der Waals surface area contributed by atoms with Gasteiger partial charge in [-0.25, -0.2) is 9.52 Å². The fourth-order valence-electron chi connectivity index (χ4n) is 1.94. The summed E-state index contributed by atoms with van der Waals surface area (Å²) in [5, 5.41) is 8.55. The van der Waals surface area contributed by atoms with Gasteiger partial charge in [0.1, 0.15) is 0 Å². The Morgan fingerprint density at radius 1 is 1.10 bits per heavy atom. The van der Waals surface area contributed by atoms with Gasteiger partial charge >= 0.3 is 16.3 Å². The molecule has 0 fully saturated rings. The van der Waals surface area contributed by atoms with Crippen LogP contribution in [-0.4, -0.2) is 19.6 Å². The number of benzene rings is 1. The Kier molecular flexibility index (Phi) is 4.99. The first-order chi connectivity index (χ1) is 9.14. The highest BCUT2D eigenvalue weighted by molar-refractivity contribution is 7.91. The van der Waals surface area contributed by atoms with Crippen LogP contribution in [0, 0.1) is 0 Å². The van der Waals surface area contributed by atoms with Crippen molar-refractivity contribution in [1.29, 1.82) is 0 Å². The molecule has 0 heterocycles. The molecule has 3 N–H and O–H groups in total. The van der Waals surface area contributed by atoms with E-state index in [4.69, 9.17) is 5.11 Å². The van der Waals surface area contributed by atoms with Crippen LogP contribution in [-0.2, 0) is 10.2 Å². The molecule has 7 heteroatoms. The molecule has 1 aromatic rings. The van der Waals surface area contributed by atoms with Crippen molar-refractivity contribution >= 4 is 22.0 Å². The lowest BCUT2D eigenvalue weighted by Crippen LogP contribution is -2.34. The van der Waals surface area contributed by atoms with E-state index in [0.717, 1.165) is 11.1 Å². The lowest BCUT2D eigenvalue weighted by Gasteiger charge is -2.20. The number of para-hydroxylation sites is 1. The molecule has 1 amide bonds. The largest absolute Gasteiger partial charge is 0.464 e. The van der Waals surface area contributed by atoms with Crippen LogP contribution >= 0.6 is 0 Å². The fraction of sp³-hybridized carbons (Fsp3) is 0.462. The minimum Gasteiger partial charge on any atom is -0.464 e. The van der Waals surface area contributed by atoms with Crippen LogP contribution in [0.25, 0.3) is 0 Å². The first-order valence-electron chi connectivity index (χ1n) is 6.30. The van der Waals surface area contributed by atoms with Crippen LogP contribution in [0.4, 0.5) is 10.5 Å². The van der Waals surface area contributed by atoms with E-state index in [9.17, 15) is 13.2 Å². The molecule has 20 heavy (non-hydrogen) atoms. The van der Waals surface area contributed by atoms with Gasteiger partial charge in [0.2, 0.25) is 0 Å². The van der Waals surface area contributed by atoms with Gasteiger partial charge in [0.15, 0.2) is 0 Å². The van der Waals surface area contributed by atoms with Crippen molar-refractivity contribution in [2.45, 2.75) is 39.5 Å². The molecule has 0 aliphatic rings. The summed E-state index contributed by atoms with van der Waals surface area (Å²) in [6, 6.07) is 5.53. The Morgan fingerprint density at radius 2 is 1.55 bits per heavy atom. The van der Waals surface area contributed by atoms with Gasteiger partial charge in [-0.3, -0.25) is 4.72 Å². The number of rotatable bonds is 5. The van der Waals surface area contributed by atoms with E-state index in [2.05, 4.69) is 4.72 Å². The maximum absolute atomic E-state index is 11.8. The molecule has 112 valence electrons. The van der Waals surface area contributed by atoms with Gasteiger partial charge in [-0.1, -0.05) is 45.9 Å². The summed E-state index contributed by atoms with van der Waals surface area (Å²) in [5.41, 5.74) is 2.10. The first kappa shape index (κ1) is 16.3. The zero-order chi connectivity index (χ0) is 15.5. The summed E-state index contributed by atoms with van der Waals surface area (Å²) in [6.45, 7) is 7.79. The molecule has 0 saturated carbocycles. The molecular formula is C13H20N2O4S. The quantitative estimate of drug-likeness (QED) is 0.779. The molecule has 1 aromatic carbocycles. The SMILES string of the molecule is CC(C)c1cccc(C(C)C)c1NS(=O)(=O)NC(=O)O. The van der Waals surface area contributed by atoms with Gasteiger partial charge in [0.25, 0.3) is 0 Å². The molecule has 0 radical (unpaired) electrons. The third-order valence-corrected chi connectivity index (χ3v) is 3.75. The molecular weight excluding hydrogens is 280 g/mol. The number of hydrogen-bond acceptors (Lipinski definition) is 3. The van der Waals surface area contributed by atoms with Gasteiger partial charge in [0.05, 0.1) is 5.69 Å². The van der Waals surface area contributed by atoms with Gasteiger partial charge in [0, 0.05) is 0 Å². The second-order valence-corrected chi connectivity index (χ2v) is 6.55. The summed E-state index contributed by atoms with van der Waals surface area (Å²) in [4.78, 5) is 10.5. The van der Waals surface area contributed by atoms with E-state index in [1.165, 1.54) is 4.72 Å². The lowest BCUT2D eigenvalue weighted by molar-refractivity contribution is 0.201. The molecule has 0 saturated heterocycles. The zero-order valence-corrected chi connectivity index (χ0v) is 12.8. The summed E-state index contributed by atoms with van der Waals surface area (Å²) in [6.07, 6.45) is -1.62. The summed E-state index contributed by atoms with van der Waals surface area (Å²) >= 11 is 0. The third kappa shape index (κ3) is 4.12. The molecule has 0 aliphatic carbocycles. The van der Waals surface area contributed by atoms with E-state index in [0.29, 0.717) is 5.69 Å². The minimum absolute atomic E-state index is 0.108. The highest BCUT2D eigenvalue weighted by atomic mass is 32.2. The van der Waals surface area contributed by atoms with Crippen molar-refractivity contribution in [1.82, 2.24) is 4.72 Å². The minimum atomic E-state index is -4.15. The number of hydrogen-bond donors (Lipinski definition) is 3. The van der Waals surface area contributed by atoms with E-state index >= 15 is 0 Å². The Labute approximate surface area is 119 Å². The predicted octanol–water partition coefficient (Wildman–Crippen LogP) is 2.86. The lowest BCUT2D eigenvalue weighted by atomic mass is 9.93. The van der Waals surface area contributed by atoms with Crippen molar-refractivity contribution in [3.05, 3.63) is 29.3 Å². The van der Waals surface area contributed by atoms with E-state index in [1.54, 1.807) is 0 Å². The molecule has 0 spiro atoms. The second-order valence-electron chi connectivity index (χ2n) is 5.13. The Hall–Kier alpha value is -1.76. The Balaban J connectivity index is 3.31. The first-order valence-corrected chi connectivity index (χ1v) is 7.78. The van der Waals surface area contributed by atoms with Gasteiger partial charge in [-0.15, -0.1) is 0 Å². The van der Waals surface area contributed by atoms with Crippen LogP contribution < -0.4 is 9.44 Å². The molecule has 0 bridgehead atoms. The molecule has 0 aromatic heterocycles. The standard InChI is InChI=1S/C13H20N2O4S/c1-8(2)10-6-5-7-11(9(3)4)12(10)14-20(18,19)15-13(16)17/h5-9,14-15H,1-4H3,(H,16,17). The molecule has 6 nitrogen and oxygen atoms in total. The number of amides is 1. The van der Waals surface area contributed by atoms with E-state index in [-0.39, 0.29) is 11.8 Å². The highest BCUT2D eigenvalue weighted by Gasteiger charge is 2.20. The zero-order valence-electron chi connectivity index (χ0n) is 12.0. The van der Waals surface area contributed by atoms with E-state index in [1.807, 2.05) is 45.9 Å². The van der Waals surface area contributed by atoms with Gasteiger partial charge < -0.3 is 5.11 Å². The number of carboxylic acid groups (broad SMARTS) is 1. The summed E-state index contributed by atoms with van der Waals surface area (Å²) < 4.78 is 27.3. The molecule has 0 atom stereocenters. The smallest absolute Gasteiger partial charge is 0.419 e. The van der Waals surface area contributed by atoms with Crippen LogP contribution in [0.1, 0.15) is 50.7 Å². The van der Waals surface area contributed by atoms with Gasteiger partial charge in [-0.2, -0.15) is 8.42 Å². The monoisotopic (exact) mass is 300 g/mol. The van der Waals surface area contributed by atoms with Gasteiger partial charge in [-0.05, 0) is 23.0 Å². The number of anilines is 1. The second kappa shape index (κ2) is 6.13. The average molecular weight is 300 g/mol. The highest BCUT2D eigenvalue weighted by Crippen LogP contribution is 2.32. The van der Waals surface area contributed by atoms with Crippen LogP contribution in [0.2, 0.25) is 0 Å². The fourth-order valence-corrected chi connectivity index (χ4v) is 2.73. The van der Waals surface area contributed by atoms with Crippen molar-refractivity contribution in [2.75, 3.05) is 4.72 Å². The normalized spacial score (nSPS) is 11.7. The van der Waals surface area contributed by atoms with Crippen molar-refractivity contribution < 1.29 is 18.3 Å². The number of carbonyl (C=O) groups is 1. The van der Waals surface area contributed by atoms with Crippen molar-refractivity contribution in [3.8, 4) is 0 Å². The molecule has 0 aliphatic heterocycles. The topological polar surface area (TPSA) is 95.5 Å². The molecule has 1 rings (SSSR count). The van der Waals surface area contributed by atoms with Crippen molar-refractivity contribution in [3.63, 3.8) is 0 Å². The maximum atomic E-state index is 11.8. The Morgan fingerprint density at radius 3 is 1.90 bits per heavy atom. The third-order valence-electron chi connectivity index (χ3n) is 2.83. The average Bonchev–Trinajstić information content (AvgIpc) is 2.25. The van der Waals surface area contributed by atoms with Crippen molar-refractivity contribution in [2.24, 2.45) is 0 Å². The van der Waals surface area contributed by atoms with Crippen LogP contribution in [0.5, 0.6) is 0 Å². The molecule has 0 unspecified atom stereocenters. The summed E-state index contributed by atoms with van der Waals surface area (Å²) in [5.74, 6) is 0.215. The Bertz CT molecular complexity index is 568. The maximum Gasteiger partial charge on any atom is 0.419 e. The summed E-state index contributed by atoms with van der Waals surface area (Å²) in [7, 11) is -4.15. The van der Waals surface area contributed by atoms with Crippen LogP contribution in [0.3, 0.4) is 0 Å². The number of nitrogens with one attached hydrogen (secondary N) is 2. The van der Waals surface area contributed by atoms with Crippen LogP contribution in [0.15, 0.2) is 18.2 Å². The predicted molar refractivity (Wildman–Crippen MR) is 78.3 cm³/mol. The van der Waals surface area contributed by atoms with E-state index < -0.39 is 16.3 Å².